The highest BCUT2D eigenvalue weighted by Crippen LogP contribution is 2.31. The van der Waals surface area contributed by atoms with E-state index in [0.29, 0.717) is 11.3 Å². The van der Waals surface area contributed by atoms with Crippen LogP contribution in [0.15, 0.2) is 18.2 Å². The van der Waals surface area contributed by atoms with Crippen LogP contribution in [0.25, 0.3) is 0 Å². The van der Waals surface area contributed by atoms with Crippen LogP contribution in [-0.4, -0.2) is 24.2 Å². The molecule has 0 amide bonds. The van der Waals surface area contributed by atoms with Gasteiger partial charge in [0.1, 0.15) is 0 Å². The molecule has 0 saturated heterocycles. The molecule has 0 aliphatic heterocycles. The first-order valence-electron chi connectivity index (χ1n) is 7.08. The van der Waals surface area contributed by atoms with E-state index in [4.69, 9.17) is 4.74 Å². The van der Waals surface area contributed by atoms with E-state index in [0.717, 1.165) is 18.7 Å². The van der Waals surface area contributed by atoms with Crippen LogP contribution >= 0.6 is 11.8 Å². The van der Waals surface area contributed by atoms with Gasteiger partial charge in [-0.3, -0.25) is 0 Å². The highest BCUT2D eigenvalue weighted by atomic mass is 32.2. The average molecular weight is 299 g/mol. The Morgan fingerprint density at radius 3 is 2.60 bits per heavy atom. The van der Waals surface area contributed by atoms with Gasteiger partial charge in [-0.25, -0.2) is 4.39 Å². The molecule has 20 heavy (non-hydrogen) atoms. The standard InChI is InChI=1S/C16H26FNOS/c1-6-10-18-13(11-20-16(2,3)4)12-8-7-9-14(19-5)15(12)17/h7-9,13,18H,6,10-11H2,1-5H3. The lowest BCUT2D eigenvalue weighted by Gasteiger charge is -2.25. The largest absolute Gasteiger partial charge is 0.494 e. The molecule has 4 heteroatoms. The molecule has 1 rings (SSSR count). The molecular formula is C16H26FNOS. The first-order valence-corrected chi connectivity index (χ1v) is 8.07. The van der Waals surface area contributed by atoms with Gasteiger partial charge < -0.3 is 10.1 Å². The lowest BCUT2D eigenvalue weighted by atomic mass is 10.1. The number of benzene rings is 1. The minimum atomic E-state index is -0.252. The molecule has 0 radical (unpaired) electrons. The molecule has 0 heterocycles. The Morgan fingerprint density at radius 2 is 2.05 bits per heavy atom. The average Bonchev–Trinajstić information content (AvgIpc) is 2.39. The van der Waals surface area contributed by atoms with Gasteiger partial charge in [-0.2, -0.15) is 11.8 Å². The smallest absolute Gasteiger partial charge is 0.169 e. The Bertz CT molecular complexity index is 417. The summed E-state index contributed by atoms with van der Waals surface area (Å²) in [5, 5.41) is 3.43. The normalized spacial score (nSPS) is 13.3. The maximum atomic E-state index is 14.4. The predicted octanol–water partition coefficient (Wildman–Crippen LogP) is 4.41. The van der Waals surface area contributed by atoms with Crippen LogP contribution in [0.1, 0.15) is 45.7 Å². The SMILES string of the molecule is CCCNC(CSC(C)(C)C)c1cccc(OC)c1F. The van der Waals surface area contributed by atoms with Crippen molar-refractivity contribution < 1.29 is 9.13 Å². The summed E-state index contributed by atoms with van der Waals surface area (Å²) in [5.41, 5.74) is 0.689. The summed E-state index contributed by atoms with van der Waals surface area (Å²) in [4.78, 5) is 0. The fraction of sp³-hybridized carbons (Fsp3) is 0.625. The fourth-order valence-corrected chi connectivity index (χ4v) is 2.83. The maximum absolute atomic E-state index is 14.4. The molecule has 0 fully saturated rings. The van der Waals surface area contributed by atoms with Gasteiger partial charge in [-0.15, -0.1) is 0 Å². The van der Waals surface area contributed by atoms with Crippen LogP contribution in [0.4, 0.5) is 4.39 Å². The molecule has 0 aliphatic rings. The molecule has 1 aromatic carbocycles. The third kappa shape index (κ3) is 5.33. The zero-order chi connectivity index (χ0) is 15.2. The zero-order valence-electron chi connectivity index (χ0n) is 13.1. The number of methoxy groups -OCH3 is 1. The quantitative estimate of drug-likeness (QED) is 0.806. The van der Waals surface area contributed by atoms with Crippen molar-refractivity contribution in [1.82, 2.24) is 5.32 Å². The minimum Gasteiger partial charge on any atom is -0.494 e. The van der Waals surface area contributed by atoms with E-state index in [2.05, 4.69) is 33.0 Å². The van der Waals surface area contributed by atoms with Gasteiger partial charge >= 0.3 is 0 Å². The Hall–Kier alpha value is -0.740. The summed E-state index contributed by atoms with van der Waals surface area (Å²) in [6.07, 6.45) is 1.03. The van der Waals surface area contributed by atoms with Crippen molar-refractivity contribution in [2.75, 3.05) is 19.4 Å². The first kappa shape index (κ1) is 17.3. The van der Waals surface area contributed by atoms with Crippen molar-refractivity contribution in [3.63, 3.8) is 0 Å². The second-order valence-corrected chi connectivity index (χ2v) is 7.64. The number of ether oxygens (including phenoxy) is 1. The first-order chi connectivity index (χ1) is 9.39. The number of halogens is 1. The second kappa shape index (κ2) is 7.89. The van der Waals surface area contributed by atoms with Crippen LogP contribution in [-0.2, 0) is 0 Å². The van der Waals surface area contributed by atoms with Crippen molar-refractivity contribution in [1.29, 1.82) is 0 Å². The van der Waals surface area contributed by atoms with Crippen molar-refractivity contribution in [2.24, 2.45) is 0 Å². The lowest BCUT2D eigenvalue weighted by Crippen LogP contribution is -2.27. The van der Waals surface area contributed by atoms with E-state index in [1.54, 1.807) is 6.07 Å². The number of nitrogens with one attached hydrogen (secondary N) is 1. The molecule has 0 saturated carbocycles. The summed E-state index contributed by atoms with van der Waals surface area (Å²) in [6, 6.07) is 5.36. The number of thioether (sulfide) groups is 1. The van der Waals surface area contributed by atoms with Crippen LogP contribution in [0.5, 0.6) is 5.75 Å². The third-order valence-electron chi connectivity index (χ3n) is 2.91. The molecular weight excluding hydrogens is 273 g/mol. The lowest BCUT2D eigenvalue weighted by molar-refractivity contribution is 0.381. The van der Waals surface area contributed by atoms with Gasteiger partial charge in [0.15, 0.2) is 11.6 Å². The zero-order valence-corrected chi connectivity index (χ0v) is 13.9. The molecule has 1 unspecified atom stereocenters. The van der Waals surface area contributed by atoms with E-state index in [-0.39, 0.29) is 16.6 Å². The summed E-state index contributed by atoms with van der Waals surface area (Å²) in [7, 11) is 1.50. The topological polar surface area (TPSA) is 21.3 Å². The molecule has 2 nitrogen and oxygen atoms in total. The Balaban J connectivity index is 2.92. The Morgan fingerprint density at radius 1 is 1.35 bits per heavy atom. The van der Waals surface area contributed by atoms with Crippen LogP contribution in [0.2, 0.25) is 0 Å². The molecule has 0 bridgehead atoms. The predicted molar refractivity (Wildman–Crippen MR) is 86.2 cm³/mol. The highest BCUT2D eigenvalue weighted by Gasteiger charge is 2.21. The van der Waals surface area contributed by atoms with Gasteiger partial charge in [0.05, 0.1) is 7.11 Å². The van der Waals surface area contributed by atoms with Crippen molar-refractivity contribution in [3.8, 4) is 5.75 Å². The van der Waals surface area contributed by atoms with Crippen molar-refractivity contribution in [2.45, 2.75) is 44.9 Å². The van der Waals surface area contributed by atoms with Crippen molar-refractivity contribution >= 4 is 11.8 Å². The fourth-order valence-electron chi connectivity index (χ4n) is 1.87. The van der Waals surface area contributed by atoms with E-state index < -0.39 is 0 Å². The van der Waals surface area contributed by atoms with E-state index >= 15 is 0 Å². The number of hydrogen-bond acceptors (Lipinski definition) is 3. The van der Waals surface area contributed by atoms with Crippen LogP contribution < -0.4 is 10.1 Å². The molecule has 1 aromatic rings. The van der Waals surface area contributed by atoms with Gasteiger partial charge in [-0.1, -0.05) is 39.8 Å². The summed E-state index contributed by atoms with van der Waals surface area (Å²) in [6.45, 7) is 9.53. The maximum Gasteiger partial charge on any atom is 0.169 e. The molecule has 114 valence electrons. The minimum absolute atomic E-state index is 0.00859. The third-order valence-corrected chi connectivity index (χ3v) is 4.28. The molecule has 1 N–H and O–H groups in total. The van der Waals surface area contributed by atoms with Crippen molar-refractivity contribution in [3.05, 3.63) is 29.6 Å². The van der Waals surface area contributed by atoms with E-state index in [9.17, 15) is 4.39 Å². The highest BCUT2D eigenvalue weighted by molar-refractivity contribution is 8.00. The van der Waals surface area contributed by atoms with Gasteiger partial charge in [-0.05, 0) is 19.0 Å². The van der Waals surface area contributed by atoms with Crippen LogP contribution in [0, 0.1) is 5.82 Å². The number of rotatable bonds is 7. The molecule has 0 aromatic heterocycles. The Labute approximate surface area is 126 Å². The Kier molecular flexibility index (Phi) is 6.83. The second-order valence-electron chi connectivity index (χ2n) is 5.79. The summed E-state index contributed by atoms with van der Waals surface area (Å²) in [5.74, 6) is 0.901. The van der Waals surface area contributed by atoms with Gasteiger partial charge in [0.2, 0.25) is 0 Å². The summed E-state index contributed by atoms with van der Waals surface area (Å²) >= 11 is 1.84. The molecule has 1 atom stereocenters. The van der Waals surface area contributed by atoms with E-state index in [1.807, 2.05) is 23.9 Å². The van der Waals surface area contributed by atoms with Gasteiger partial charge in [0, 0.05) is 22.1 Å². The molecule has 0 aliphatic carbocycles. The number of hydrogen-bond donors (Lipinski definition) is 1. The monoisotopic (exact) mass is 299 g/mol. The van der Waals surface area contributed by atoms with E-state index in [1.165, 1.54) is 7.11 Å². The van der Waals surface area contributed by atoms with Gasteiger partial charge in [0.25, 0.3) is 0 Å². The van der Waals surface area contributed by atoms with Crippen LogP contribution in [0.3, 0.4) is 0 Å². The summed E-state index contributed by atoms with van der Waals surface area (Å²) < 4.78 is 19.6. The molecule has 0 spiro atoms.